The van der Waals surface area contributed by atoms with Crippen molar-refractivity contribution >= 4 is 5.91 Å². The Bertz CT molecular complexity index is 269. The lowest BCUT2D eigenvalue weighted by Gasteiger charge is -2.36. The van der Waals surface area contributed by atoms with Crippen LogP contribution in [0.5, 0.6) is 0 Å². The van der Waals surface area contributed by atoms with Gasteiger partial charge < -0.3 is 5.32 Å². The molecular weight excluding hydrogens is 246 g/mol. The van der Waals surface area contributed by atoms with E-state index in [1.54, 1.807) is 0 Å². The zero-order valence-electron chi connectivity index (χ0n) is 14.0. The highest BCUT2D eigenvalue weighted by molar-refractivity contribution is 5.75. The molecule has 1 unspecified atom stereocenters. The summed E-state index contributed by atoms with van der Waals surface area (Å²) in [6.45, 7) is 7.70. The second kappa shape index (κ2) is 9.41. The zero-order valence-corrected chi connectivity index (χ0v) is 14.0. The van der Waals surface area contributed by atoms with Crippen LogP contribution in [0.1, 0.15) is 91.4 Å². The number of carbonyl (C=O) groups excluding carboxylic acids is 1. The molecule has 1 fully saturated rings. The Labute approximate surface area is 126 Å². The minimum atomic E-state index is 0.270. The Morgan fingerprint density at radius 1 is 1.15 bits per heavy atom. The molecule has 1 atom stereocenters. The van der Waals surface area contributed by atoms with Crippen LogP contribution in [0, 0.1) is 11.3 Å². The number of hydrogen-bond acceptors (Lipinski definition) is 1. The Kier molecular flexibility index (Phi) is 8.25. The summed E-state index contributed by atoms with van der Waals surface area (Å²) < 4.78 is 0. The van der Waals surface area contributed by atoms with Crippen LogP contribution in [0.3, 0.4) is 0 Å². The molecule has 20 heavy (non-hydrogen) atoms. The molecule has 0 aromatic heterocycles. The summed E-state index contributed by atoms with van der Waals surface area (Å²) in [6, 6.07) is 0. The molecule has 1 saturated carbocycles. The molecule has 1 aliphatic rings. The summed E-state index contributed by atoms with van der Waals surface area (Å²) in [5, 5.41) is 3.22. The van der Waals surface area contributed by atoms with Gasteiger partial charge in [0.2, 0.25) is 5.91 Å². The van der Waals surface area contributed by atoms with Crippen LogP contribution >= 0.6 is 0 Å². The van der Waals surface area contributed by atoms with Gasteiger partial charge in [0.05, 0.1) is 0 Å². The number of rotatable bonds is 9. The largest absolute Gasteiger partial charge is 0.356 e. The molecule has 1 N–H and O–H groups in total. The van der Waals surface area contributed by atoms with Gasteiger partial charge >= 0.3 is 0 Å². The number of carbonyl (C=O) groups is 1. The first-order chi connectivity index (χ1) is 9.62. The van der Waals surface area contributed by atoms with Crippen molar-refractivity contribution in [3.63, 3.8) is 0 Å². The van der Waals surface area contributed by atoms with Crippen molar-refractivity contribution in [1.29, 1.82) is 0 Å². The van der Waals surface area contributed by atoms with Crippen molar-refractivity contribution in [1.82, 2.24) is 5.32 Å². The highest BCUT2D eigenvalue weighted by Gasteiger charge is 2.30. The Hall–Kier alpha value is -0.530. The van der Waals surface area contributed by atoms with E-state index in [1.165, 1.54) is 57.8 Å². The molecule has 118 valence electrons. The van der Waals surface area contributed by atoms with Crippen LogP contribution in [0.4, 0.5) is 0 Å². The highest BCUT2D eigenvalue weighted by atomic mass is 16.1. The molecule has 2 heteroatoms. The molecule has 0 radical (unpaired) electrons. The number of hydrogen-bond donors (Lipinski definition) is 1. The first-order valence-corrected chi connectivity index (χ1v) is 8.88. The summed E-state index contributed by atoms with van der Waals surface area (Å²) in [5.41, 5.74) is 0.405. The van der Waals surface area contributed by atoms with Gasteiger partial charge in [-0.05, 0) is 37.0 Å². The number of nitrogens with one attached hydrogen (secondary N) is 1. The van der Waals surface area contributed by atoms with E-state index < -0.39 is 0 Å². The fraction of sp³-hybridized carbons (Fsp3) is 0.944. The average molecular weight is 281 g/mol. The second-order valence-electron chi connectivity index (χ2n) is 6.98. The molecule has 0 saturated heterocycles. The van der Waals surface area contributed by atoms with Crippen molar-refractivity contribution in [3.8, 4) is 0 Å². The van der Waals surface area contributed by atoms with E-state index in [2.05, 4.69) is 26.1 Å². The minimum Gasteiger partial charge on any atom is -0.356 e. The Morgan fingerprint density at radius 3 is 2.45 bits per heavy atom. The molecule has 0 aliphatic heterocycles. The smallest absolute Gasteiger partial charge is 0.220 e. The summed E-state index contributed by atoms with van der Waals surface area (Å²) >= 11 is 0. The van der Waals surface area contributed by atoms with E-state index in [0.717, 1.165) is 13.0 Å². The summed E-state index contributed by atoms with van der Waals surface area (Å²) in [6.07, 6.45) is 13.5. The van der Waals surface area contributed by atoms with Crippen LogP contribution in [-0.4, -0.2) is 12.5 Å². The van der Waals surface area contributed by atoms with Crippen molar-refractivity contribution in [2.75, 3.05) is 6.54 Å². The SMILES string of the molecule is CCCCC(C)CCC(=O)NCC1(CC)CCCCC1. The molecule has 0 aromatic rings. The van der Waals surface area contributed by atoms with Crippen molar-refractivity contribution in [3.05, 3.63) is 0 Å². The average Bonchev–Trinajstić information content (AvgIpc) is 2.49. The third-order valence-electron chi connectivity index (χ3n) is 5.24. The molecule has 0 heterocycles. The molecule has 1 rings (SSSR count). The maximum absolute atomic E-state index is 12.0. The monoisotopic (exact) mass is 281 g/mol. The van der Waals surface area contributed by atoms with E-state index in [4.69, 9.17) is 0 Å². The van der Waals surface area contributed by atoms with Gasteiger partial charge in [-0.15, -0.1) is 0 Å². The van der Waals surface area contributed by atoms with Crippen molar-refractivity contribution in [2.45, 2.75) is 91.4 Å². The van der Waals surface area contributed by atoms with E-state index in [0.29, 0.717) is 17.8 Å². The highest BCUT2D eigenvalue weighted by Crippen LogP contribution is 2.38. The summed E-state index contributed by atoms with van der Waals surface area (Å²) in [7, 11) is 0. The Morgan fingerprint density at radius 2 is 1.85 bits per heavy atom. The topological polar surface area (TPSA) is 29.1 Å². The molecule has 0 bridgehead atoms. The van der Waals surface area contributed by atoms with Crippen LogP contribution < -0.4 is 5.32 Å². The van der Waals surface area contributed by atoms with Gasteiger partial charge in [0, 0.05) is 13.0 Å². The predicted octanol–water partition coefficient (Wildman–Crippen LogP) is 5.07. The standard InChI is InChI=1S/C18H35NO/c1-4-6-10-16(3)11-12-17(20)19-15-18(5-2)13-8-7-9-14-18/h16H,4-15H2,1-3H3,(H,19,20). The lowest BCUT2D eigenvalue weighted by molar-refractivity contribution is -0.122. The van der Waals surface area contributed by atoms with E-state index >= 15 is 0 Å². The molecule has 1 amide bonds. The molecule has 1 aliphatic carbocycles. The molecule has 0 spiro atoms. The normalized spacial score (nSPS) is 19.6. The third kappa shape index (κ3) is 6.28. The van der Waals surface area contributed by atoms with E-state index in [1.807, 2.05) is 0 Å². The quantitative estimate of drug-likeness (QED) is 0.628. The molecule has 0 aromatic carbocycles. The van der Waals surface area contributed by atoms with Crippen LogP contribution in [0.15, 0.2) is 0 Å². The fourth-order valence-corrected chi connectivity index (χ4v) is 3.41. The zero-order chi connectivity index (χ0) is 14.8. The molecular formula is C18H35NO. The minimum absolute atomic E-state index is 0.270. The van der Waals surface area contributed by atoms with Crippen LogP contribution in [0.25, 0.3) is 0 Å². The maximum Gasteiger partial charge on any atom is 0.220 e. The van der Waals surface area contributed by atoms with Gasteiger partial charge in [-0.2, -0.15) is 0 Å². The predicted molar refractivity (Wildman–Crippen MR) is 86.7 cm³/mol. The maximum atomic E-state index is 12.0. The van der Waals surface area contributed by atoms with Gasteiger partial charge in [0.15, 0.2) is 0 Å². The van der Waals surface area contributed by atoms with Gasteiger partial charge in [-0.3, -0.25) is 4.79 Å². The summed E-state index contributed by atoms with van der Waals surface area (Å²) in [4.78, 5) is 12.0. The second-order valence-corrected chi connectivity index (χ2v) is 6.98. The first-order valence-electron chi connectivity index (χ1n) is 8.88. The van der Waals surface area contributed by atoms with Gasteiger partial charge in [0.25, 0.3) is 0 Å². The van der Waals surface area contributed by atoms with E-state index in [9.17, 15) is 4.79 Å². The number of unbranched alkanes of at least 4 members (excludes halogenated alkanes) is 1. The van der Waals surface area contributed by atoms with Gasteiger partial charge in [-0.1, -0.05) is 59.3 Å². The van der Waals surface area contributed by atoms with Crippen LogP contribution in [-0.2, 0) is 4.79 Å². The van der Waals surface area contributed by atoms with Gasteiger partial charge in [0.1, 0.15) is 0 Å². The van der Waals surface area contributed by atoms with Gasteiger partial charge in [-0.25, -0.2) is 0 Å². The molecule has 2 nitrogen and oxygen atoms in total. The Balaban J connectivity index is 2.21. The fourth-order valence-electron chi connectivity index (χ4n) is 3.41. The lowest BCUT2D eigenvalue weighted by Crippen LogP contribution is -2.38. The number of amides is 1. The van der Waals surface area contributed by atoms with Crippen LogP contribution in [0.2, 0.25) is 0 Å². The lowest BCUT2D eigenvalue weighted by atomic mass is 9.72. The first kappa shape index (κ1) is 17.5. The third-order valence-corrected chi connectivity index (χ3v) is 5.24. The van der Waals surface area contributed by atoms with Crippen molar-refractivity contribution < 1.29 is 4.79 Å². The van der Waals surface area contributed by atoms with E-state index in [-0.39, 0.29) is 5.91 Å². The van der Waals surface area contributed by atoms with Crippen molar-refractivity contribution in [2.24, 2.45) is 11.3 Å². The summed E-state index contributed by atoms with van der Waals surface area (Å²) in [5.74, 6) is 0.960.